The summed E-state index contributed by atoms with van der Waals surface area (Å²) in [5.41, 5.74) is 5.05. The highest BCUT2D eigenvalue weighted by Gasteiger charge is 2.20. The van der Waals surface area contributed by atoms with Crippen molar-refractivity contribution in [2.45, 2.75) is 25.2 Å². The van der Waals surface area contributed by atoms with E-state index in [1.54, 1.807) is 0 Å². The Kier molecular flexibility index (Phi) is 7.95. The summed E-state index contributed by atoms with van der Waals surface area (Å²) in [4.78, 5) is 21.7. The average molecular weight is 246 g/mol. The summed E-state index contributed by atoms with van der Waals surface area (Å²) in [6.07, 6.45) is 0.535. The molecule has 0 heterocycles. The maximum absolute atomic E-state index is 10.9. The summed E-state index contributed by atoms with van der Waals surface area (Å²) < 4.78 is 4.86. The lowest BCUT2D eigenvalue weighted by Gasteiger charge is -2.16. The number of rotatable bonds is 9. The van der Waals surface area contributed by atoms with Gasteiger partial charge in [0.25, 0.3) is 0 Å². The zero-order valence-corrected chi connectivity index (χ0v) is 9.46. The molecule has 0 aromatic heterocycles. The Labute approximate surface area is 99.2 Å². The fourth-order valence-corrected chi connectivity index (χ4v) is 1.08. The molecule has 0 aromatic rings. The molecule has 0 aliphatic heterocycles. The number of amides is 1. The summed E-state index contributed by atoms with van der Waals surface area (Å²) >= 11 is 0. The van der Waals surface area contributed by atoms with Crippen molar-refractivity contribution in [3.63, 3.8) is 0 Å². The van der Waals surface area contributed by atoms with E-state index in [2.05, 4.69) is 11.9 Å². The van der Waals surface area contributed by atoms with Crippen molar-refractivity contribution >= 4 is 11.9 Å². The first-order chi connectivity index (χ1) is 8.01. The normalized spacial score (nSPS) is 13.8. The van der Waals surface area contributed by atoms with E-state index in [1.165, 1.54) is 6.08 Å². The van der Waals surface area contributed by atoms with Gasteiger partial charge in [-0.2, -0.15) is 0 Å². The molecule has 0 radical (unpaired) electrons. The van der Waals surface area contributed by atoms with E-state index < -0.39 is 24.2 Å². The van der Waals surface area contributed by atoms with Gasteiger partial charge in [0.1, 0.15) is 6.04 Å². The zero-order valence-electron chi connectivity index (χ0n) is 9.46. The lowest BCUT2D eigenvalue weighted by Crippen LogP contribution is -2.44. The molecule has 98 valence electrons. The van der Waals surface area contributed by atoms with Gasteiger partial charge in [-0.25, -0.2) is 4.79 Å². The molecule has 0 unspecified atom stereocenters. The van der Waals surface area contributed by atoms with Crippen LogP contribution in [-0.2, 0) is 14.3 Å². The third-order valence-corrected chi connectivity index (χ3v) is 1.93. The predicted octanol–water partition coefficient (Wildman–Crippen LogP) is -1.18. The van der Waals surface area contributed by atoms with Gasteiger partial charge in [-0.05, 0) is 6.42 Å². The van der Waals surface area contributed by atoms with Crippen molar-refractivity contribution in [1.82, 2.24) is 5.32 Å². The molecule has 1 amide bonds. The minimum atomic E-state index is -1.18. The van der Waals surface area contributed by atoms with Gasteiger partial charge in [-0.15, -0.1) is 6.58 Å². The number of hydrogen-bond donors (Lipinski definition) is 4. The van der Waals surface area contributed by atoms with E-state index in [-0.39, 0.29) is 26.0 Å². The van der Waals surface area contributed by atoms with Crippen LogP contribution in [0.2, 0.25) is 0 Å². The van der Waals surface area contributed by atoms with Crippen LogP contribution in [0.15, 0.2) is 12.7 Å². The number of ether oxygens (including phenoxy) is 1. The molecule has 2 atom stereocenters. The lowest BCUT2D eigenvalue weighted by molar-refractivity contribution is -0.143. The van der Waals surface area contributed by atoms with Crippen molar-refractivity contribution < 1.29 is 24.5 Å². The van der Waals surface area contributed by atoms with Crippen molar-refractivity contribution in [2.24, 2.45) is 5.73 Å². The summed E-state index contributed by atoms with van der Waals surface area (Å²) in [6.45, 7) is 3.30. The molecule has 0 spiro atoms. The number of aliphatic carboxylic acids is 1. The summed E-state index contributed by atoms with van der Waals surface area (Å²) in [7, 11) is 0. The summed E-state index contributed by atoms with van der Waals surface area (Å²) in [5, 5.41) is 20.3. The maximum Gasteiger partial charge on any atom is 0.326 e. The topological polar surface area (TPSA) is 122 Å². The SMILES string of the molecule is C=CCO[C@H](O)CC[C@H](NC(=O)CN)C(=O)O. The fourth-order valence-electron chi connectivity index (χ4n) is 1.08. The quantitative estimate of drug-likeness (QED) is 0.300. The number of carbonyl (C=O) groups is 2. The average Bonchev–Trinajstić information content (AvgIpc) is 2.30. The number of nitrogens with one attached hydrogen (secondary N) is 1. The van der Waals surface area contributed by atoms with Gasteiger partial charge >= 0.3 is 5.97 Å². The maximum atomic E-state index is 10.9. The molecule has 0 bridgehead atoms. The number of aliphatic hydroxyl groups excluding tert-OH is 1. The number of aliphatic hydroxyl groups is 1. The molecule has 7 heteroatoms. The Hall–Kier alpha value is -1.44. The Balaban J connectivity index is 4.04. The molecule has 7 nitrogen and oxygen atoms in total. The van der Waals surface area contributed by atoms with Crippen LogP contribution in [0.25, 0.3) is 0 Å². The number of carbonyl (C=O) groups excluding carboxylic acids is 1. The van der Waals surface area contributed by atoms with Gasteiger partial charge in [0, 0.05) is 6.42 Å². The first kappa shape index (κ1) is 15.6. The van der Waals surface area contributed by atoms with Crippen LogP contribution in [-0.4, -0.2) is 47.6 Å². The molecule has 0 aromatic carbocycles. The first-order valence-electron chi connectivity index (χ1n) is 5.14. The van der Waals surface area contributed by atoms with Crippen LogP contribution in [0.5, 0.6) is 0 Å². The highest BCUT2D eigenvalue weighted by atomic mass is 16.6. The lowest BCUT2D eigenvalue weighted by atomic mass is 10.1. The number of nitrogens with two attached hydrogens (primary N) is 1. The van der Waals surface area contributed by atoms with Crippen LogP contribution in [0.4, 0.5) is 0 Å². The Morgan fingerprint density at radius 1 is 1.47 bits per heavy atom. The molecule has 0 aliphatic rings. The number of carboxylic acids is 1. The minimum absolute atomic E-state index is 0.0549. The molecule has 0 rings (SSSR count). The standard InChI is InChI=1S/C10H18N2O5/c1-2-5-17-9(14)4-3-7(10(15)16)12-8(13)6-11/h2,7,9,14H,1,3-6,11H2,(H,12,13)(H,15,16)/t7-,9-/m0/s1. The van der Waals surface area contributed by atoms with Crippen molar-refractivity contribution in [3.05, 3.63) is 12.7 Å². The van der Waals surface area contributed by atoms with Crippen LogP contribution >= 0.6 is 0 Å². The molecule has 0 aliphatic carbocycles. The highest BCUT2D eigenvalue weighted by molar-refractivity contribution is 5.84. The Bertz CT molecular complexity index is 269. The number of hydrogen-bond acceptors (Lipinski definition) is 5. The predicted molar refractivity (Wildman–Crippen MR) is 60.0 cm³/mol. The Morgan fingerprint density at radius 2 is 2.12 bits per heavy atom. The minimum Gasteiger partial charge on any atom is -0.480 e. The molecule has 0 fully saturated rings. The van der Waals surface area contributed by atoms with Gasteiger partial charge in [0.05, 0.1) is 13.2 Å². The van der Waals surface area contributed by atoms with Crippen LogP contribution in [0.3, 0.4) is 0 Å². The second-order valence-electron chi connectivity index (χ2n) is 3.32. The van der Waals surface area contributed by atoms with E-state index in [0.717, 1.165) is 0 Å². The first-order valence-corrected chi connectivity index (χ1v) is 5.14. The van der Waals surface area contributed by atoms with E-state index >= 15 is 0 Å². The molecular weight excluding hydrogens is 228 g/mol. The van der Waals surface area contributed by atoms with E-state index in [0.29, 0.717) is 0 Å². The van der Waals surface area contributed by atoms with Crippen LogP contribution in [0, 0.1) is 0 Å². The molecule has 0 saturated carbocycles. The highest BCUT2D eigenvalue weighted by Crippen LogP contribution is 2.03. The molecule has 5 N–H and O–H groups in total. The van der Waals surface area contributed by atoms with Gasteiger partial charge in [0.15, 0.2) is 6.29 Å². The van der Waals surface area contributed by atoms with Crippen LogP contribution in [0.1, 0.15) is 12.8 Å². The van der Waals surface area contributed by atoms with Crippen molar-refractivity contribution in [1.29, 1.82) is 0 Å². The number of carboxylic acid groups (broad SMARTS) is 1. The monoisotopic (exact) mass is 246 g/mol. The third kappa shape index (κ3) is 7.45. The van der Waals surface area contributed by atoms with Crippen molar-refractivity contribution in [2.75, 3.05) is 13.2 Å². The summed E-state index contributed by atoms with van der Waals surface area (Å²) in [5.74, 6) is -1.73. The van der Waals surface area contributed by atoms with Gasteiger partial charge in [-0.1, -0.05) is 6.08 Å². The van der Waals surface area contributed by atoms with Crippen molar-refractivity contribution in [3.8, 4) is 0 Å². The van der Waals surface area contributed by atoms with E-state index in [9.17, 15) is 14.7 Å². The van der Waals surface area contributed by atoms with Gasteiger partial charge < -0.3 is 26.0 Å². The smallest absolute Gasteiger partial charge is 0.326 e. The molecule has 17 heavy (non-hydrogen) atoms. The Morgan fingerprint density at radius 3 is 2.59 bits per heavy atom. The summed E-state index contributed by atoms with van der Waals surface area (Å²) in [6, 6.07) is -1.08. The van der Waals surface area contributed by atoms with Gasteiger partial charge in [-0.3, -0.25) is 4.79 Å². The fraction of sp³-hybridized carbons (Fsp3) is 0.600. The van der Waals surface area contributed by atoms with E-state index in [1.807, 2.05) is 0 Å². The molecule has 0 saturated heterocycles. The van der Waals surface area contributed by atoms with Gasteiger partial charge in [0.2, 0.25) is 5.91 Å². The second kappa shape index (κ2) is 8.68. The zero-order chi connectivity index (χ0) is 13.3. The third-order valence-electron chi connectivity index (χ3n) is 1.93. The van der Waals surface area contributed by atoms with E-state index in [4.69, 9.17) is 15.6 Å². The van der Waals surface area contributed by atoms with Crippen LogP contribution < -0.4 is 11.1 Å². The second-order valence-corrected chi connectivity index (χ2v) is 3.32. The largest absolute Gasteiger partial charge is 0.480 e. The molecular formula is C10H18N2O5.